The van der Waals surface area contributed by atoms with Crippen LogP contribution in [0.3, 0.4) is 0 Å². The van der Waals surface area contributed by atoms with E-state index in [0.29, 0.717) is 11.1 Å². The van der Waals surface area contributed by atoms with E-state index in [1.807, 2.05) is 30.3 Å². The number of carbonyl (C=O) groups excluding carboxylic acids is 5. The lowest BCUT2D eigenvalue weighted by atomic mass is 10.1. The summed E-state index contributed by atoms with van der Waals surface area (Å²) in [6.45, 7) is -1.52. The zero-order valence-corrected chi connectivity index (χ0v) is 26.9. The van der Waals surface area contributed by atoms with Crippen LogP contribution in [0.5, 0.6) is 5.75 Å². The van der Waals surface area contributed by atoms with Gasteiger partial charge in [-0.1, -0.05) is 61.4 Å². The van der Waals surface area contributed by atoms with Gasteiger partial charge >= 0.3 is 0 Å². The molecule has 5 amide bonds. The summed E-state index contributed by atoms with van der Waals surface area (Å²) in [5.41, 5.74) is 13.3. The number of rotatable bonds is 16. The topological polar surface area (TPSA) is 183 Å². The second-order valence-electron chi connectivity index (χ2n) is 11.9. The number of nitrogens with zero attached hydrogens (tertiary/aromatic N) is 5. The number of primary amides is 1. The highest BCUT2D eigenvalue weighted by Crippen LogP contribution is 2.24. The van der Waals surface area contributed by atoms with E-state index in [1.54, 1.807) is 36.7 Å². The van der Waals surface area contributed by atoms with Crippen LogP contribution in [-0.2, 0) is 43.6 Å². The van der Waals surface area contributed by atoms with E-state index < -0.39 is 36.7 Å². The third kappa shape index (κ3) is 10.6. The summed E-state index contributed by atoms with van der Waals surface area (Å²) in [4.78, 5) is 76.0. The second-order valence-corrected chi connectivity index (χ2v) is 11.9. The van der Waals surface area contributed by atoms with E-state index in [1.165, 1.54) is 31.7 Å². The Morgan fingerprint density at radius 2 is 1.19 bits per heavy atom. The van der Waals surface area contributed by atoms with Crippen LogP contribution >= 0.6 is 0 Å². The lowest BCUT2D eigenvalue weighted by molar-refractivity contribution is -0.147. The van der Waals surface area contributed by atoms with Gasteiger partial charge in [-0.05, 0) is 47.7 Å². The number of benzene rings is 2. The number of pyridine rings is 1. The van der Waals surface area contributed by atoms with Gasteiger partial charge in [0.05, 0.1) is 13.1 Å². The molecule has 5 N–H and O–H groups in total. The highest BCUT2D eigenvalue weighted by molar-refractivity contribution is 5.91. The van der Waals surface area contributed by atoms with E-state index in [4.69, 9.17) is 11.5 Å². The maximum atomic E-state index is 14.1. The predicted octanol–water partition coefficient (Wildman–Crippen LogP) is 1.39. The first-order valence-electron chi connectivity index (χ1n) is 15.9. The Kier molecular flexibility index (Phi) is 13.0. The summed E-state index contributed by atoms with van der Waals surface area (Å²) < 4.78 is 0. The van der Waals surface area contributed by atoms with Crippen molar-refractivity contribution in [1.82, 2.24) is 24.6 Å². The SMILES string of the molecule is NCC(=O)N(CC(=O)N(CC(=O)N(CC(=O)N(CC(N)=O)Cc1ccccc1)Cc1ccc(O)cc1)Cc1cccnc1)C1CCCC1. The Bertz CT molecular complexity index is 1530. The van der Waals surface area contributed by atoms with Crippen LogP contribution in [0.25, 0.3) is 0 Å². The molecule has 0 radical (unpaired) electrons. The van der Waals surface area contributed by atoms with Gasteiger partial charge in [-0.25, -0.2) is 0 Å². The van der Waals surface area contributed by atoms with Gasteiger partial charge in [0.1, 0.15) is 25.4 Å². The van der Waals surface area contributed by atoms with Crippen molar-refractivity contribution < 1.29 is 29.1 Å². The molecule has 1 fully saturated rings. The zero-order valence-electron chi connectivity index (χ0n) is 26.9. The van der Waals surface area contributed by atoms with Gasteiger partial charge in [0.15, 0.2) is 0 Å². The molecule has 1 aromatic heterocycles. The van der Waals surface area contributed by atoms with Gasteiger partial charge in [0.25, 0.3) is 0 Å². The van der Waals surface area contributed by atoms with Crippen LogP contribution < -0.4 is 11.5 Å². The number of carbonyl (C=O) groups is 5. The van der Waals surface area contributed by atoms with Crippen molar-refractivity contribution in [2.24, 2.45) is 11.5 Å². The number of nitrogens with two attached hydrogens (primary N) is 2. The molecular formula is C35H43N7O6. The number of hydrogen-bond donors (Lipinski definition) is 3. The summed E-state index contributed by atoms with van der Waals surface area (Å²) in [5, 5.41) is 9.80. The molecule has 0 aliphatic heterocycles. The number of hydrogen-bond acceptors (Lipinski definition) is 8. The zero-order chi connectivity index (χ0) is 34.5. The first-order valence-corrected chi connectivity index (χ1v) is 15.9. The van der Waals surface area contributed by atoms with Crippen molar-refractivity contribution in [3.8, 4) is 5.75 Å². The van der Waals surface area contributed by atoms with Crippen molar-refractivity contribution in [3.05, 3.63) is 95.8 Å². The fourth-order valence-electron chi connectivity index (χ4n) is 5.75. The third-order valence-corrected chi connectivity index (χ3v) is 8.25. The molecule has 2 aromatic carbocycles. The Labute approximate surface area is 280 Å². The molecule has 0 atom stereocenters. The van der Waals surface area contributed by atoms with Crippen LogP contribution in [0, 0.1) is 0 Å². The molecule has 1 heterocycles. The van der Waals surface area contributed by atoms with E-state index in [2.05, 4.69) is 4.98 Å². The van der Waals surface area contributed by atoms with Crippen LogP contribution in [0.2, 0.25) is 0 Å². The smallest absolute Gasteiger partial charge is 0.242 e. The Morgan fingerprint density at radius 3 is 1.73 bits per heavy atom. The Hall–Kier alpha value is -5.30. The molecule has 0 bridgehead atoms. The van der Waals surface area contributed by atoms with Crippen molar-refractivity contribution in [1.29, 1.82) is 0 Å². The molecule has 3 aromatic rings. The quantitative estimate of drug-likeness (QED) is 0.206. The van der Waals surface area contributed by atoms with Crippen LogP contribution in [0.4, 0.5) is 0 Å². The Morgan fingerprint density at radius 1 is 0.667 bits per heavy atom. The van der Waals surface area contributed by atoms with Gasteiger partial charge < -0.3 is 36.2 Å². The summed E-state index contributed by atoms with van der Waals surface area (Å²) in [6, 6.07) is 18.7. The predicted molar refractivity (Wildman–Crippen MR) is 177 cm³/mol. The van der Waals surface area contributed by atoms with Gasteiger partial charge in [-0.3, -0.25) is 29.0 Å². The minimum Gasteiger partial charge on any atom is -0.508 e. The summed E-state index contributed by atoms with van der Waals surface area (Å²) in [6.07, 6.45) is 6.63. The molecule has 13 heteroatoms. The lowest BCUT2D eigenvalue weighted by Crippen LogP contribution is -2.51. The fourth-order valence-corrected chi connectivity index (χ4v) is 5.75. The molecule has 1 aliphatic carbocycles. The average molecular weight is 658 g/mol. The number of amides is 5. The normalized spacial score (nSPS) is 12.7. The molecule has 48 heavy (non-hydrogen) atoms. The highest BCUT2D eigenvalue weighted by atomic mass is 16.3. The summed E-state index contributed by atoms with van der Waals surface area (Å²) in [5.74, 6) is -2.51. The minimum atomic E-state index is -0.706. The molecule has 0 spiro atoms. The van der Waals surface area contributed by atoms with E-state index in [0.717, 1.165) is 31.2 Å². The summed E-state index contributed by atoms with van der Waals surface area (Å²) >= 11 is 0. The molecule has 1 aliphatic rings. The van der Waals surface area contributed by atoms with E-state index >= 15 is 0 Å². The van der Waals surface area contributed by atoms with Crippen LogP contribution in [-0.4, -0.2) is 98.0 Å². The maximum Gasteiger partial charge on any atom is 0.242 e. The minimum absolute atomic E-state index is 0.0185. The standard InChI is InChI=1S/C35H43N7O6/c36-17-32(45)42(29-10-4-5-11-29)25-35(48)41(21-28-9-6-16-38-18-28)24-34(47)40(20-27-12-14-30(43)15-13-27)23-33(46)39(22-31(37)44)19-26-7-2-1-3-8-26/h1-3,6-9,12-16,18,29,43H,4-5,10-11,17,19-25,36H2,(H2,37,44). The van der Waals surface area contributed by atoms with Gasteiger partial charge in [-0.2, -0.15) is 0 Å². The average Bonchev–Trinajstić information content (AvgIpc) is 3.62. The van der Waals surface area contributed by atoms with Crippen molar-refractivity contribution in [2.75, 3.05) is 32.7 Å². The molecule has 0 saturated heterocycles. The van der Waals surface area contributed by atoms with E-state index in [9.17, 15) is 29.1 Å². The third-order valence-electron chi connectivity index (χ3n) is 8.25. The monoisotopic (exact) mass is 657 g/mol. The number of aromatic nitrogens is 1. The largest absolute Gasteiger partial charge is 0.508 e. The molecule has 1 saturated carbocycles. The molecule has 4 rings (SSSR count). The van der Waals surface area contributed by atoms with Crippen molar-refractivity contribution in [3.63, 3.8) is 0 Å². The van der Waals surface area contributed by atoms with Gasteiger partial charge in [0, 0.05) is 38.1 Å². The highest BCUT2D eigenvalue weighted by Gasteiger charge is 2.31. The first-order chi connectivity index (χ1) is 23.1. The van der Waals surface area contributed by atoms with Gasteiger partial charge in [-0.15, -0.1) is 0 Å². The molecular weight excluding hydrogens is 614 g/mol. The van der Waals surface area contributed by atoms with Crippen LogP contribution in [0.1, 0.15) is 42.4 Å². The van der Waals surface area contributed by atoms with Crippen molar-refractivity contribution >= 4 is 29.5 Å². The van der Waals surface area contributed by atoms with Gasteiger partial charge in [0.2, 0.25) is 29.5 Å². The molecule has 13 nitrogen and oxygen atoms in total. The van der Waals surface area contributed by atoms with Crippen LogP contribution in [0.15, 0.2) is 79.1 Å². The second kappa shape index (κ2) is 17.6. The maximum absolute atomic E-state index is 14.1. The first kappa shape index (κ1) is 35.6. The lowest BCUT2D eigenvalue weighted by Gasteiger charge is -2.32. The molecule has 0 unspecified atom stereocenters. The fraction of sp³-hybridized carbons (Fsp3) is 0.371. The summed E-state index contributed by atoms with van der Waals surface area (Å²) in [7, 11) is 0. The Balaban J connectivity index is 1.60. The number of phenols is 1. The molecule has 254 valence electrons. The number of aromatic hydroxyl groups is 1. The number of phenolic OH excluding ortho intramolecular Hbond substituents is 1. The van der Waals surface area contributed by atoms with E-state index in [-0.39, 0.29) is 57.0 Å². The van der Waals surface area contributed by atoms with Crippen molar-refractivity contribution in [2.45, 2.75) is 51.4 Å².